The molecular weight excluding hydrogens is 310 g/mol. The summed E-state index contributed by atoms with van der Waals surface area (Å²) in [7, 11) is 0. The summed E-state index contributed by atoms with van der Waals surface area (Å²) in [5.74, 6) is -2.67. The number of carbonyl (C=O) groups excluding carboxylic acids is 2. The first kappa shape index (κ1) is 17.7. The largest absolute Gasteiger partial charge is 0.478 e. The Morgan fingerprint density at radius 2 is 1.67 bits per heavy atom. The van der Waals surface area contributed by atoms with Gasteiger partial charge in [0.05, 0.1) is 23.5 Å². The summed E-state index contributed by atoms with van der Waals surface area (Å²) in [6.07, 6.45) is 4.49. The van der Waals surface area contributed by atoms with Gasteiger partial charge in [-0.2, -0.15) is 0 Å². The first-order valence-electron chi connectivity index (χ1n) is 7.88. The summed E-state index contributed by atoms with van der Waals surface area (Å²) < 4.78 is 5.24. The smallest absolute Gasteiger partial charge is 0.335 e. The fraction of sp³-hybridized carbons (Fsp3) is 0.389. The molecule has 1 aromatic carbocycles. The predicted octanol–water partition coefficient (Wildman–Crippen LogP) is 2.86. The highest BCUT2D eigenvalue weighted by atomic mass is 16.5. The van der Waals surface area contributed by atoms with Crippen molar-refractivity contribution < 1.29 is 24.2 Å². The number of aromatic carboxylic acids is 1. The van der Waals surface area contributed by atoms with E-state index in [1.807, 2.05) is 12.2 Å². The molecule has 0 saturated carbocycles. The fourth-order valence-corrected chi connectivity index (χ4v) is 2.62. The van der Waals surface area contributed by atoms with Gasteiger partial charge in [-0.15, -0.1) is 0 Å². The molecule has 1 amide bonds. The zero-order chi connectivity index (χ0) is 17.7. The molecule has 0 fully saturated rings. The van der Waals surface area contributed by atoms with Crippen LogP contribution in [0.2, 0.25) is 0 Å². The molecule has 0 unspecified atom stereocenters. The lowest BCUT2D eigenvalue weighted by molar-refractivity contribution is -0.156. The third-order valence-electron chi connectivity index (χ3n) is 3.82. The van der Waals surface area contributed by atoms with Crippen LogP contribution < -0.4 is 5.32 Å². The Morgan fingerprint density at radius 1 is 1.08 bits per heavy atom. The zero-order valence-corrected chi connectivity index (χ0v) is 13.7. The van der Waals surface area contributed by atoms with E-state index in [4.69, 9.17) is 9.84 Å². The number of benzene rings is 1. The Hall–Kier alpha value is -2.63. The number of carboxylic acid groups (broad SMARTS) is 1. The Kier molecular flexibility index (Phi) is 5.73. The van der Waals surface area contributed by atoms with Gasteiger partial charge < -0.3 is 15.2 Å². The van der Waals surface area contributed by atoms with Crippen LogP contribution in [-0.2, 0) is 14.3 Å². The van der Waals surface area contributed by atoms with E-state index in [2.05, 4.69) is 5.32 Å². The van der Waals surface area contributed by atoms with Gasteiger partial charge in [-0.25, -0.2) is 4.79 Å². The monoisotopic (exact) mass is 331 g/mol. The molecule has 0 aliphatic heterocycles. The van der Waals surface area contributed by atoms with Crippen molar-refractivity contribution in [3.8, 4) is 0 Å². The average molecular weight is 331 g/mol. The predicted molar refractivity (Wildman–Crippen MR) is 88.6 cm³/mol. The number of carbonyl (C=O) groups is 3. The summed E-state index contributed by atoms with van der Waals surface area (Å²) in [5.41, 5.74) is 0.641. The molecule has 1 aliphatic rings. The Bertz CT molecular complexity index is 648. The van der Waals surface area contributed by atoms with Gasteiger partial charge in [0.25, 0.3) is 0 Å². The minimum absolute atomic E-state index is 0.145. The minimum Gasteiger partial charge on any atom is -0.478 e. The lowest BCUT2D eigenvalue weighted by atomic mass is 9.82. The molecule has 1 aliphatic carbocycles. The molecule has 2 N–H and O–H groups in total. The molecule has 0 bridgehead atoms. The van der Waals surface area contributed by atoms with Gasteiger partial charge in [0.1, 0.15) is 0 Å². The van der Waals surface area contributed by atoms with Crippen molar-refractivity contribution in [3.63, 3.8) is 0 Å². The lowest BCUT2D eigenvalue weighted by Gasteiger charge is -2.26. The van der Waals surface area contributed by atoms with Crippen LogP contribution in [0.1, 0.15) is 37.0 Å². The van der Waals surface area contributed by atoms with Gasteiger partial charge in [-0.3, -0.25) is 9.59 Å². The van der Waals surface area contributed by atoms with Crippen molar-refractivity contribution in [2.75, 3.05) is 5.32 Å². The standard InChI is InChI=1S/C18H21NO5/c1-11(2)24-18(23)15-6-4-3-5-14(15)16(20)19-13-9-7-12(8-10-13)17(21)22/h3-4,7-11,14-15H,5-6H2,1-2H3,(H,19,20)(H,21,22)/t14-,15-/m0/s1. The first-order chi connectivity index (χ1) is 11.4. The zero-order valence-electron chi connectivity index (χ0n) is 13.7. The van der Waals surface area contributed by atoms with Crippen molar-refractivity contribution in [1.29, 1.82) is 0 Å². The normalized spacial score (nSPS) is 19.8. The van der Waals surface area contributed by atoms with E-state index >= 15 is 0 Å². The summed E-state index contributed by atoms with van der Waals surface area (Å²) >= 11 is 0. The molecule has 1 aromatic rings. The van der Waals surface area contributed by atoms with E-state index in [-0.39, 0.29) is 23.5 Å². The van der Waals surface area contributed by atoms with E-state index in [0.29, 0.717) is 18.5 Å². The molecule has 0 heterocycles. The molecule has 0 radical (unpaired) electrons. The number of esters is 1. The van der Waals surface area contributed by atoms with Crippen LogP contribution in [0.5, 0.6) is 0 Å². The SMILES string of the molecule is CC(C)OC(=O)[C@H]1CC=CC[C@@H]1C(=O)Nc1ccc(C(=O)O)cc1. The van der Waals surface area contributed by atoms with Crippen LogP contribution in [0.4, 0.5) is 5.69 Å². The highest BCUT2D eigenvalue weighted by Crippen LogP contribution is 2.28. The molecule has 6 nitrogen and oxygen atoms in total. The second-order valence-electron chi connectivity index (χ2n) is 6.01. The summed E-state index contributed by atoms with van der Waals surface area (Å²) in [5, 5.41) is 11.6. The number of ether oxygens (including phenoxy) is 1. The van der Waals surface area contributed by atoms with Gasteiger partial charge in [-0.1, -0.05) is 12.2 Å². The Morgan fingerprint density at radius 3 is 2.21 bits per heavy atom. The van der Waals surface area contributed by atoms with Crippen LogP contribution >= 0.6 is 0 Å². The van der Waals surface area contributed by atoms with Crippen molar-refractivity contribution >= 4 is 23.5 Å². The maximum absolute atomic E-state index is 12.5. The van der Waals surface area contributed by atoms with Crippen LogP contribution in [0.15, 0.2) is 36.4 Å². The van der Waals surface area contributed by atoms with Crippen molar-refractivity contribution in [1.82, 2.24) is 0 Å². The third kappa shape index (κ3) is 4.44. The first-order valence-corrected chi connectivity index (χ1v) is 7.88. The van der Waals surface area contributed by atoms with Crippen LogP contribution in [0.25, 0.3) is 0 Å². The highest BCUT2D eigenvalue weighted by molar-refractivity contribution is 5.96. The van der Waals surface area contributed by atoms with Gasteiger partial charge in [0, 0.05) is 5.69 Å². The average Bonchev–Trinajstić information content (AvgIpc) is 2.54. The maximum atomic E-state index is 12.5. The molecule has 2 rings (SSSR count). The van der Waals surface area contributed by atoms with Gasteiger partial charge >= 0.3 is 11.9 Å². The number of amides is 1. The minimum atomic E-state index is -1.03. The quantitative estimate of drug-likeness (QED) is 0.639. The maximum Gasteiger partial charge on any atom is 0.335 e. The van der Waals surface area contributed by atoms with E-state index in [1.54, 1.807) is 13.8 Å². The molecule has 0 saturated heterocycles. The Balaban J connectivity index is 2.07. The molecule has 128 valence electrons. The topological polar surface area (TPSA) is 92.7 Å². The van der Waals surface area contributed by atoms with Crippen LogP contribution in [0, 0.1) is 11.8 Å². The van der Waals surface area contributed by atoms with Gasteiger partial charge in [0.2, 0.25) is 5.91 Å². The highest BCUT2D eigenvalue weighted by Gasteiger charge is 2.35. The molecule has 0 aromatic heterocycles. The van der Waals surface area contributed by atoms with Gasteiger partial charge in [-0.05, 0) is 51.0 Å². The molecule has 2 atom stereocenters. The van der Waals surface area contributed by atoms with Crippen LogP contribution in [-0.4, -0.2) is 29.1 Å². The van der Waals surface area contributed by atoms with E-state index in [1.165, 1.54) is 24.3 Å². The van der Waals surface area contributed by atoms with E-state index in [0.717, 1.165) is 0 Å². The molecule has 0 spiro atoms. The number of anilines is 1. The number of hydrogen-bond donors (Lipinski definition) is 2. The lowest BCUT2D eigenvalue weighted by Crippen LogP contribution is -2.36. The summed E-state index contributed by atoms with van der Waals surface area (Å²) in [6, 6.07) is 5.90. The van der Waals surface area contributed by atoms with Crippen LogP contribution in [0.3, 0.4) is 0 Å². The molecular formula is C18H21NO5. The number of allylic oxidation sites excluding steroid dienone is 2. The number of nitrogens with one attached hydrogen (secondary N) is 1. The molecule has 24 heavy (non-hydrogen) atoms. The summed E-state index contributed by atoms with van der Waals surface area (Å²) in [4.78, 5) is 35.6. The second kappa shape index (κ2) is 7.77. The molecule has 6 heteroatoms. The third-order valence-corrected chi connectivity index (χ3v) is 3.82. The van der Waals surface area contributed by atoms with E-state index < -0.39 is 17.8 Å². The number of hydrogen-bond acceptors (Lipinski definition) is 4. The summed E-state index contributed by atoms with van der Waals surface area (Å²) in [6.45, 7) is 3.55. The second-order valence-corrected chi connectivity index (χ2v) is 6.01. The number of carboxylic acids is 1. The van der Waals surface area contributed by atoms with E-state index in [9.17, 15) is 14.4 Å². The van der Waals surface area contributed by atoms with Crippen molar-refractivity contribution in [2.24, 2.45) is 11.8 Å². The fourth-order valence-electron chi connectivity index (χ4n) is 2.62. The Labute approximate surface area is 140 Å². The van der Waals surface area contributed by atoms with Crippen molar-refractivity contribution in [2.45, 2.75) is 32.8 Å². The van der Waals surface area contributed by atoms with Gasteiger partial charge in [0.15, 0.2) is 0 Å². The number of rotatable bonds is 5. The van der Waals surface area contributed by atoms with Crippen molar-refractivity contribution in [3.05, 3.63) is 42.0 Å².